The van der Waals surface area contributed by atoms with Gasteiger partial charge in [0.2, 0.25) is 0 Å². The third-order valence-electron chi connectivity index (χ3n) is 5.77. The van der Waals surface area contributed by atoms with Gasteiger partial charge in [0.05, 0.1) is 11.6 Å². The van der Waals surface area contributed by atoms with Crippen LogP contribution in [0.4, 0.5) is 0 Å². The van der Waals surface area contributed by atoms with Crippen molar-refractivity contribution < 1.29 is 14.7 Å². The number of rotatable bonds is 3. The number of aromatic nitrogens is 1. The molecule has 0 bridgehead atoms. The molecule has 0 spiro atoms. The van der Waals surface area contributed by atoms with Gasteiger partial charge in [0.1, 0.15) is 5.76 Å². The Bertz CT molecular complexity index is 913. The first kappa shape index (κ1) is 18.4. The average molecular weight is 376 g/mol. The van der Waals surface area contributed by atoms with Crippen molar-refractivity contribution in [1.82, 2.24) is 9.88 Å². The molecule has 1 aliphatic heterocycles. The number of aryl methyl sites for hydroxylation is 1. The van der Waals surface area contributed by atoms with Gasteiger partial charge in [-0.25, -0.2) is 0 Å². The summed E-state index contributed by atoms with van der Waals surface area (Å²) in [6, 6.07) is 10.4. The summed E-state index contributed by atoms with van der Waals surface area (Å²) < 4.78 is 0. The molecule has 1 amide bonds. The van der Waals surface area contributed by atoms with E-state index in [9.17, 15) is 14.7 Å². The summed E-state index contributed by atoms with van der Waals surface area (Å²) >= 11 is 0. The van der Waals surface area contributed by atoms with Gasteiger partial charge in [0.15, 0.2) is 0 Å². The number of carbonyl (C=O) groups excluding carboxylic acids is 2. The molecule has 28 heavy (non-hydrogen) atoms. The maximum Gasteiger partial charge on any atom is 0.295 e. The standard InChI is InChI=1S/C23H24N2O3/c1-15-9-11-16(12-10-15)21(26)19-20(17-6-5-13-24-14-17)25(23(28)22(19)27)18-7-3-2-4-8-18/h5-6,9-14,18,20,26H,2-4,7-8H2,1H3/b21-19-. The second-order valence-corrected chi connectivity index (χ2v) is 7.65. The minimum atomic E-state index is -0.613. The van der Waals surface area contributed by atoms with Gasteiger partial charge in [0, 0.05) is 24.0 Å². The van der Waals surface area contributed by atoms with Crippen LogP contribution in [0.1, 0.15) is 54.8 Å². The van der Waals surface area contributed by atoms with Gasteiger partial charge in [-0.2, -0.15) is 0 Å². The lowest BCUT2D eigenvalue weighted by Gasteiger charge is -2.35. The molecule has 0 radical (unpaired) electrons. The number of ketones is 1. The second kappa shape index (κ2) is 7.58. The fourth-order valence-corrected chi connectivity index (χ4v) is 4.32. The zero-order valence-electron chi connectivity index (χ0n) is 16.0. The predicted octanol–water partition coefficient (Wildman–Crippen LogP) is 4.14. The van der Waals surface area contributed by atoms with Crippen LogP contribution in [0.3, 0.4) is 0 Å². The number of nitrogens with zero attached hydrogens (tertiary/aromatic N) is 2. The maximum absolute atomic E-state index is 13.0. The number of amides is 1. The number of likely N-dealkylation sites (tertiary alicyclic amines) is 1. The van der Waals surface area contributed by atoms with Crippen LogP contribution in [0, 0.1) is 6.92 Å². The fraction of sp³-hybridized carbons (Fsp3) is 0.348. The summed E-state index contributed by atoms with van der Waals surface area (Å²) in [5.41, 5.74) is 2.51. The molecular formula is C23H24N2O3. The highest BCUT2D eigenvalue weighted by atomic mass is 16.3. The van der Waals surface area contributed by atoms with E-state index in [2.05, 4.69) is 4.98 Å². The average Bonchev–Trinajstić information content (AvgIpc) is 3.00. The minimum Gasteiger partial charge on any atom is -0.507 e. The van der Waals surface area contributed by atoms with Crippen molar-refractivity contribution >= 4 is 17.4 Å². The van der Waals surface area contributed by atoms with Crippen molar-refractivity contribution in [1.29, 1.82) is 0 Å². The molecular weight excluding hydrogens is 352 g/mol. The molecule has 5 heteroatoms. The van der Waals surface area contributed by atoms with E-state index >= 15 is 0 Å². The first-order chi connectivity index (χ1) is 13.6. The molecule has 144 valence electrons. The smallest absolute Gasteiger partial charge is 0.295 e. The van der Waals surface area contributed by atoms with E-state index < -0.39 is 17.7 Å². The highest BCUT2D eigenvalue weighted by Gasteiger charge is 2.48. The number of pyridine rings is 1. The molecule has 1 N–H and O–H groups in total. The molecule has 1 aliphatic carbocycles. The Morgan fingerprint density at radius 1 is 1.07 bits per heavy atom. The first-order valence-corrected chi connectivity index (χ1v) is 9.85. The lowest BCUT2D eigenvalue weighted by molar-refractivity contribution is -0.141. The van der Waals surface area contributed by atoms with Gasteiger partial charge in [-0.05, 0) is 31.4 Å². The van der Waals surface area contributed by atoms with Gasteiger partial charge in [0.25, 0.3) is 11.7 Å². The van der Waals surface area contributed by atoms with Crippen molar-refractivity contribution in [2.24, 2.45) is 0 Å². The number of benzene rings is 1. The Labute approximate surface area is 164 Å². The molecule has 1 atom stereocenters. The molecule has 1 aromatic heterocycles. The Balaban J connectivity index is 1.85. The third kappa shape index (κ3) is 3.21. The topological polar surface area (TPSA) is 70.5 Å². The highest BCUT2D eigenvalue weighted by Crippen LogP contribution is 2.42. The van der Waals surface area contributed by atoms with Gasteiger partial charge >= 0.3 is 0 Å². The third-order valence-corrected chi connectivity index (χ3v) is 5.77. The van der Waals surface area contributed by atoms with Crippen molar-refractivity contribution in [3.8, 4) is 0 Å². The SMILES string of the molecule is Cc1ccc(/C(O)=C2/C(=O)C(=O)N(C3CCCCC3)C2c2cccnc2)cc1. The lowest BCUT2D eigenvalue weighted by atomic mass is 9.91. The molecule has 1 saturated carbocycles. The van der Waals surface area contributed by atoms with E-state index in [1.165, 1.54) is 0 Å². The fourth-order valence-electron chi connectivity index (χ4n) is 4.32. The second-order valence-electron chi connectivity index (χ2n) is 7.65. The summed E-state index contributed by atoms with van der Waals surface area (Å²) in [7, 11) is 0. The summed E-state index contributed by atoms with van der Waals surface area (Å²) in [6.45, 7) is 1.96. The van der Waals surface area contributed by atoms with Crippen molar-refractivity contribution in [2.45, 2.75) is 51.1 Å². The number of aliphatic hydroxyl groups excluding tert-OH is 1. The minimum absolute atomic E-state index is 0.0127. The molecule has 2 aromatic rings. The summed E-state index contributed by atoms with van der Waals surface area (Å²) in [5.74, 6) is -1.25. The van der Waals surface area contributed by atoms with Crippen LogP contribution in [0.25, 0.3) is 5.76 Å². The van der Waals surface area contributed by atoms with Crippen LogP contribution in [0.5, 0.6) is 0 Å². The molecule has 5 nitrogen and oxygen atoms in total. The Morgan fingerprint density at radius 3 is 2.43 bits per heavy atom. The van der Waals surface area contributed by atoms with Crippen LogP contribution < -0.4 is 0 Å². The molecule has 2 heterocycles. The molecule has 2 fully saturated rings. The molecule has 1 unspecified atom stereocenters. The summed E-state index contributed by atoms with van der Waals surface area (Å²) in [5, 5.41) is 11.0. The Hall–Kier alpha value is -2.95. The molecule has 2 aliphatic rings. The van der Waals surface area contributed by atoms with Crippen LogP contribution in [-0.2, 0) is 9.59 Å². The molecule has 4 rings (SSSR count). The first-order valence-electron chi connectivity index (χ1n) is 9.85. The Kier molecular flexibility index (Phi) is 4.99. The Morgan fingerprint density at radius 2 is 1.79 bits per heavy atom. The van der Waals surface area contributed by atoms with Crippen LogP contribution in [0.15, 0.2) is 54.4 Å². The van der Waals surface area contributed by atoms with E-state index in [1.807, 2.05) is 25.1 Å². The van der Waals surface area contributed by atoms with E-state index in [0.29, 0.717) is 5.56 Å². The molecule has 1 saturated heterocycles. The summed E-state index contributed by atoms with van der Waals surface area (Å²) in [6.07, 6.45) is 8.35. The van der Waals surface area contributed by atoms with Gasteiger partial charge in [-0.1, -0.05) is 55.2 Å². The van der Waals surface area contributed by atoms with E-state index in [0.717, 1.165) is 43.2 Å². The lowest BCUT2D eigenvalue weighted by Crippen LogP contribution is -2.40. The van der Waals surface area contributed by atoms with Crippen molar-refractivity contribution in [2.75, 3.05) is 0 Å². The van der Waals surface area contributed by atoms with E-state index in [1.54, 1.807) is 35.5 Å². The van der Waals surface area contributed by atoms with Crippen molar-refractivity contribution in [3.05, 3.63) is 71.1 Å². The van der Waals surface area contributed by atoms with Crippen LogP contribution in [0.2, 0.25) is 0 Å². The highest BCUT2D eigenvalue weighted by molar-refractivity contribution is 6.46. The zero-order valence-corrected chi connectivity index (χ0v) is 16.0. The quantitative estimate of drug-likeness (QED) is 0.496. The summed E-state index contributed by atoms with van der Waals surface area (Å²) in [4.78, 5) is 31.9. The monoisotopic (exact) mass is 376 g/mol. The predicted molar refractivity (Wildman–Crippen MR) is 106 cm³/mol. The van der Waals surface area contributed by atoms with Gasteiger partial charge in [-0.3, -0.25) is 14.6 Å². The van der Waals surface area contributed by atoms with Crippen LogP contribution >= 0.6 is 0 Å². The number of carbonyl (C=O) groups is 2. The van der Waals surface area contributed by atoms with Gasteiger partial charge < -0.3 is 10.0 Å². The number of hydrogen-bond acceptors (Lipinski definition) is 4. The number of aliphatic hydroxyl groups is 1. The normalized spacial score (nSPS) is 22.6. The molecule has 1 aromatic carbocycles. The largest absolute Gasteiger partial charge is 0.507 e. The van der Waals surface area contributed by atoms with Gasteiger partial charge in [-0.15, -0.1) is 0 Å². The number of Topliss-reactive ketones (excluding diaryl/α,β-unsaturated/α-hetero) is 1. The zero-order chi connectivity index (χ0) is 19.7. The number of hydrogen-bond donors (Lipinski definition) is 1. The van der Waals surface area contributed by atoms with E-state index in [-0.39, 0.29) is 17.4 Å². The van der Waals surface area contributed by atoms with Crippen molar-refractivity contribution in [3.63, 3.8) is 0 Å². The van der Waals surface area contributed by atoms with Crippen LogP contribution in [-0.4, -0.2) is 32.7 Å². The maximum atomic E-state index is 13.0. The van der Waals surface area contributed by atoms with E-state index in [4.69, 9.17) is 0 Å².